The quantitative estimate of drug-likeness (QED) is 0.739. The number of benzene rings is 1. The fourth-order valence-electron chi connectivity index (χ4n) is 1.35. The van der Waals surface area contributed by atoms with E-state index < -0.39 is 10.1 Å². The zero-order chi connectivity index (χ0) is 10.2. The van der Waals surface area contributed by atoms with Gasteiger partial charge in [-0.05, 0) is 11.6 Å². The van der Waals surface area contributed by atoms with Crippen LogP contribution in [0.4, 0.5) is 0 Å². The molecule has 2 aromatic rings. The molecule has 1 heterocycles. The molecule has 2 N–H and O–H groups in total. The second-order valence-corrected chi connectivity index (χ2v) is 4.19. The molecule has 0 bridgehead atoms. The van der Waals surface area contributed by atoms with Crippen molar-refractivity contribution in [1.82, 2.24) is 4.98 Å². The Kier molecular flexibility index (Phi) is 2.05. The Balaban J connectivity index is 2.54. The summed E-state index contributed by atoms with van der Waals surface area (Å²) < 4.78 is 29.9. The lowest BCUT2D eigenvalue weighted by atomic mass is 10.2. The Hall–Kier alpha value is -1.33. The third-order valence-electron chi connectivity index (χ3n) is 1.90. The van der Waals surface area contributed by atoms with E-state index in [1.54, 1.807) is 18.3 Å². The number of para-hydroxylation sites is 1. The van der Waals surface area contributed by atoms with Crippen molar-refractivity contribution in [1.29, 1.82) is 0 Å². The molecule has 0 aliphatic heterocycles. The predicted octanol–water partition coefficient (Wildman–Crippen LogP) is 1.57. The highest BCUT2D eigenvalue weighted by atomic mass is 32.2. The first-order chi connectivity index (χ1) is 6.56. The van der Waals surface area contributed by atoms with Crippen LogP contribution in [0.25, 0.3) is 10.9 Å². The van der Waals surface area contributed by atoms with Gasteiger partial charge in [0.05, 0.1) is 0 Å². The second-order valence-electron chi connectivity index (χ2n) is 2.92. The van der Waals surface area contributed by atoms with Crippen molar-refractivity contribution in [2.24, 2.45) is 0 Å². The van der Waals surface area contributed by atoms with Crippen LogP contribution in [0.1, 0.15) is 5.56 Å². The summed E-state index contributed by atoms with van der Waals surface area (Å²) in [7, 11) is -4.08. The summed E-state index contributed by atoms with van der Waals surface area (Å²) in [5, 5.41) is 0.769. The highest BCUT2D eigenvalue weighted by Gasteiger charge is 2.11. The van der Waals surface area contributed by atoms with Crippen LogP contribution in [0.15, 0.2) is 30.5 Å². The van der Waals surface area contributed by atoms with Gasteiger partial charge < -0.3 is 4.98 Å². The molecule has 1 aromatic carbocycles. The van der Waals surface area contributed by atoms with E-state index in [4.69, 9.17) is 4.55 Å². The molecule has 14 heavy (non-hydrogen) atoms. The van der Waals surface area contributed by atoms with E-state index in [1.807, 2.05) is 12.1 Å². The molecule has 2 rings (SSSR count). The number of hydrogen-bond donors (Lipinski definition) is 2. The molecule has 0 unspecified atom stereocenters. The fraction of sp³-hybridized carbons (Fsp3) is 0. The van der Waals surface area contributed by atoms with Crippen molar-refractivity contribution in [3.63, 3.8) is 0 Å². The van der Waals surface area contributed by atoms with Crippen molar-refractivity contribution in [2.75, 3.05) is 0 Å². The topological polar surface area (TPSA) is 70.2 Å². The lowest BCUT2D eigenvalue weighted by Crippen LogP contribution is -1.97. The van der Waals surface area contributed by atoms with Crippen LogP contribution in [0, 0.1) is 5.75 Å². The van der Waals surface area contributed by atoms with Gasteiger partial charge in [-0.25, -0.2) is 0 Å². The van der Waals surface area contributed by atoms with Crippen LogP contribution in [0.3, 0.4) is 0 Å². The SMILES string of the molecule is O=S(=O)(O)[CH]c1c[nH]c2ccccc12. The zero-order valence-corrected chi connectivity index (χ0v) is 7.95. The van der Waals surface area contributed by atoms with Crippen molar-refractivity contribution < 1.29 is 13.0 Å². The second kappa shape index (κ2) is 3.11. The molecule has 0 spiro atoms. The van der Waals surface area contributed by atoms with Crippen LogP contribution in [0.2, 0.25) is 0 Å². The van der Waals surface area contributed by atoms with Crippen LogP contribution >= 0.6 is 0 Å². The van der Waals surface area contributed by atoms with Gasteiger partial charge in [0.1, 0.15) is 5.75 Å². The van der Waals surface area contributed by atoms with Gasteiger partial charge in [-0.1, -0.05) is 18.2 Å². The highest BCUT2D eigenvalue weighted by molar-refractivity contribution is 7.88. The Bertz CT molecular complexity index is 556. The van der Waals surface area contributed by atoms with Gasteiger partial charge in [-0.2, -0.15) is 8.42 Å². The first kappa shape index (κ1) is 9.23. The van der Waals surface area contributed by atoms with Gasteiger partial charge in [0.25, 0.3) is 10.1 Å². The summed E-state index contributed by atoms with van der Waals surface area (Å²) in [4.78, 5) is 2.90. The zero-order valence-electron chi connectivity index (χ0n) is 7.14. The number of fused-ring (bicyclic) bond motifs is 1. The van der Waals surface area contributed by atoms with Crippen LogP contribution in [-0.2, 0) is 10.1 Å². The minimum Gasteiger partial charge on any atom is -0.361 e. The maximum atomic E-state index is 10.6. The monoisotopic (exact) mass is 210 g/mol. The third kappa shape index (κ3) is 1.78. The minimum atomic E-state index is -4.08. The largest absolute Gasteiger partial charge is 0.361 e. The maximum Gasteiger partial charge on any atom is 0.273 e. The predicted molar refractivity (Wildman–Crippen MR) is 53.2 cm³/mol. The van der Waals surface area contributed by atoms with Gasteiger partial charge >= 0.3 is 0 Å². The van der Waals surface area contributed by atoms with E-state index in [9.17, 15) is 8.42 Å². The Morgan fingerprint density at radius 1 is 1.29 bits per heavy atom. The first-order valence-corrected chi connectivity index (χ1v) is 5.45. The maximum absolute atomic E-state index is 10.6. The minimum absolute atomic E-state index is 0.461. The van der Waals surface area contributed by atoms with Crippen LogP contribution in [0.5, 0.6) is 0 Å². The summed E-state index contributed by atoms with van der Waals surface area (Å²) in [5.74, 6) is 0.825. The third-order valence-corrected chi connectivity index (χ3v) is 2.45. The van der Waals surface area contributed by atoms with Crippen molar-refractivity contribution >= 4 is 21.0 Å². The molecule has 0 amide bonds. The first-order valence-electron chi connectivity index (χ1n) is 3.94. The molecule has 0 atom stereocenters. The van der Waals surface area contributed by atoms with Crippen molar-refractivity contribution in [2.45, 2.75) is 0 Å². The Morgan fingerprint density at radius 2 is 2.00 bits per heavy atom. The molecule has 0 saturated carbocycles. The molecule has 0 aliphatic rings. The number of rotatable bonds is 2. The molecule has 0 aliphatic carbocycles. The molecular weight excluding hydrogens is 202 g/mol. The van der Waals surface area contributed by atoms with Crippen molar-refractivity contribution in [3.8, 4) is 0 Å². The van der Waals surface area contributed by atoms with Gasteiger partial charge in [-0.15, -0.1) is 0 Å². The lowest BCUT2D eigenvalue weighted by molar-refractivity contribution is 0.491. The molecule has 0 saturated heterocycles. The van der Waals surface area contributed by atoms with Gasteiger partial charge in [0.15, 0.2) is 0 Å². The Labute approximate surface area is 81.3 Å². The fourth-order valence-corrected chi connectivity index (χ4v) is 1.87. The molecule has 1 aromatic heterocycles. The average Bonchev–Trinajstić information content (AvgIpc) is 2.47. The summed E-state index contributed by atoms with van der Waals surface area (Å²) in [6.07, 6.45) is 1.54. The van der Waals surface area contributed by atoms with E-state index in [0.717, 1.165) is 16.7 Å². The lowest BCUT2D eigenvalue weighted by Gasteiger charge is -1.94. The van der Waals surface area contributed by atoms with E-state index >= 15 is 0 Å². The summed E-state index contributed by atoms with van der Waals surface area (Å²) in [6, 6.07) is 7.26. The van der Waals surface area contributed by atoms with Crippen LogP contribution < -0.4 is 0 Å². The summed E-state index contributed by atoms with van der Waals surface area (Å²) >= 11 is 0. The van der Waals surface area contributed by atoms with E-state index in [0.29, 0.717) is 5.56 Å². The number of hydrogen-bond acceptors (Lipinski definition) is 2. The molecule has 4 nitrogen and oxygen atoms in total. The number of H-pyrrole nitrogens is 1. The van der Waals surface area contributed by atoms with Gasteiger partial charge in [0.2, 0.25) is 0 Å². The summed E-state index contributed by atoms with van der Waals surface area (Å²) in [6.45, 7) is 0. The smallest absolute Gasteiger partial charge is 0.273 e. The Morgan fingerprint density at radius 3 is 2.71 bits per heavy atom. The standard InChI is InChI=1S/C9H8NO3S/c11-14(12,13)6-7-5-10-9-4-2-1-3-8(7)9/h1-6,10H,(H,11,12,13). The molecule has 73 valence electrons. The summed E-state index contributed by atoms with van der Waals surface area (Å²) in [5.41, 5.74) is 1.30. The van der Waals surface area contributed by atoms with E-state index in [1.165, 1.54) is 0 Å². The average molecular weight is 210 g/mol. The van der Waals surface area contributed by atoms with Gasteiger partial charge in [-0.3, -0.25) is 4.55 Å². The molecule has 5 heteroatoms. The van der Waals surface area contributed by atoms with E-state index in [-0.39, 0.29) is 0 Å². The van der Waals surface area contributed by atoms with Crippen LogP contribution in [-0.4, -0.2) is 18.0 Å². The normalized spacial score (nSPS) is 12.1. The number of aromatic amines is 1. The van der Waals surface area contributed by atoms with Crippen molar-refractivity contribution in [3.05, 3.63) is 41.8 Å². The van der Waals surface area contributed by atoms with Gasteiger partial charge in [0, 0.05) is 17.1 Å². The molecule has 1 radical (unpaired) electrons. The van der Waals surface area contributed by atoms with E-state index in [2.05, 4.69) is 4.98 Å². The molecule has 0 fully saturated rings. The number of nitrogens with one attached hydrogen (secondary N) is 1. The number of aromatic nitrogens is 1. The molecular formula is C9H8NO3S. The highest BCUT2D eigenvalue weighted by Crippen LogP contribution is 2.20.